The van der Waals surface area contributed by atoms with Crippen molar-refractivity contribution in [2.45, 2.75) is 65.0 Å². The molecule has 28 heavy (non-hydrogen) atoms. The van der Waals surface area contributed by atoms with Gasteiger partial charge in [-0.15, -0.1) is 0 Å². The summed E-state index contributed by atoms with van der Waals surface area (Å²) in [5.41, 5.74) is 1.77. The van der Waals surface area contributed by atoms with E-state index in [4.69, 9.17) is 21.6 Å². The van der Waals surface area contributed by atoms with Crippen molar-refractivity contribution in [3.8, 4) is 0 Å². The van der Waals surface area contributed by atoms with Gasteiger partial charge in [0.15, 0.2) is 0 Å². The molecule has 3 atom stereocenters. The summed E-state index contributed by atoms with van der Waals surface area (Å²) in [7, 11) is 0. The van der Waals surface area contributed by atoms with Crippen molar-refractivity contribution in [3.05, 3.63) is 35.1 Å². The number of hydrogen-bond donors (Lipinski definition) is 2. The summed E-state index contributed by atoms with van der Waals surface area (Å²) in [5.74, 6) is 3.39. The maximum absolute atomic E-state index is 6.15. The highest BCUT2D eigenvalue weighted by Gasteiger charge is 2.31. The maximum Gasteiger partial charge on any atom is 0.201 e. The molecule has 0 bridgehead atoms. The number of aliphatic imine (C=N–C) groups is 2. The van der Waals surface area contributed by atoms with Gasteiger partial charge in [0.1, 0.15) is 11.0 Å². The molecular formula is C22H30ClN5. The number of halogens is 1. The standard InChI is InChI=1S/C22H30ClN5/c1-4-15-12-19(18-6-5-7-20(23)26-18)27-22(25-14(3)17-10-11-17)28-21(15)24-13(2)16-8-9-16/h5-7,12-17H,4,8-11H2,1-3H3,(H2,24,25,27,28). The molecule has 5 nitrogen and oxygen atoms in total. The van der Waals surface area contributed by atoms with E-state index in [1.807, 2.05) is 12.1 Å². The monoisotopic (exact) mass is 399 g/mol. The van der Waals surface area contributed by atoms with Crippen molar-refractivity contribution < 1.29 is 0 Å². The third-order valence-electron chi connectivity index (χ3n) is 5.93. The summed E-state index contributed by atoms with van der Waals surface area (Å²) in [6.45, 7) is 6.61. The van der Waals surface area contributed by atoms with Gasteiger partial charge in [0, 0.05) is 5.92 Å². The molecule has 150 valence electrons. The lowest BCUT2D eigenvalue weighted by Gasteiger charge is -2.17. The van der Waals surface area contributed by atoms with Crippen LogP contribution in [-0.2, 0) is 0 Å². The lowest BCUT2D eigenvalue weighted by molar-refractivity contribution is 0.636. The molecule has 4 rings (SSSR count). The van der Waals surface area contributed by atoms with Gasteiger partial charge in [0.25, 0.3) is 0 Å². The highest BCUT2D eigenvalue weighted by atomic mass is 35.5. The van der Waals surface area contributed by atoms with Crippen LogP contribution < -0.4 is 10.6 Å². The summed E-state index contributed by atoms with van der Waals surface area (Å²) in [5, 5.41) is 7.51. The second kappa shape index (κ2) is 8.24. The van der Waals surface area contributed by atoms with Gasteiger partial charge in [-0.25, -0.2) is 9.98 Å². The summed E-state index contributed by atoms with van der Waals surface area (Å²) >= 11 is 6.15. The van der Waals surface area contributed by atoms with E-state index in [-0.39, 0.29) is 5.92 Å². The zero-order valence-corrected chi connectivity index (χ0v) is 17.7. The Morgan fingerprint density at radius 1 is 1.07 bits per heavy atom. The minimum atomic E-state index is 0.188. The number of nitrogens with zero attached hydrogens (tertiary/aromatic N) is 3. The first-order chi connectivity index (χ1) is 13.5. The SMILES string of the molecule is CCC1C=C(c2cccc(Cl)n2)NC(=NC(C)C2CC2)NC1=NC(C)C1CC1. The molecule has 2 heterocycles. The van der Waals surface area contributed by atoms with E-state index >= 15 is 0 Å². The Bertz CT molecular complexity index is 807. The molecule has 1 aliphatic heterocycles. The average Bonchev–Trinajstić information content (AvgIpc) is 3.56. The molecule has 1 aromatic rings. The van der Waals surface area contributed by atoms with Crippen molar-refractivity contribution in [2.24, 2.45) is 27.7 Å². The normalized spacial score (nSPS) is 27.6. The zero-order chi connectivity index (χ0) is 19.7. The number of rotatable bonds is 6. The highest BCUT2D eigenvalue weighted by molar-refractivity contribution is 6.29. The molecule has 0 aromatic carbocycles. The van der Waals surface area contributed by atoms with Crippen molar-refractivity contribution in [2.75, 3.05) is 0 Å². The molecule has 0 amide bonds. The number of amidine groups is 1. The first-order valence-electron chi connectivity index (χ1n) is 10.6. The van der Waals surface area contributed by atoms with Crippen LogP contribution in [0.2, 0.25) is 5.15 Å². The van der Waals surface area contributed by atoms with Crippen LogP contribution >= 0.6 is 11.6 Å². The third-order valence-corrected chi connectivity index (χ3v) is 6.14. The molecule has 0 spiro atoms. The van der Waals surface area contributed by atoms with Crippen LogP contribution in [0.25, 0.3) is 5.70 Å². The molecule has 2 N–H and O–H groups in total. The van der Waals surface area contributed by atoms with E-state index in [0.29, 0.717) is 23.2 Å². The Labute approximate surface area is 172 Å². The fraction of sp³-hybridized carbons (Fsp3) is 0.591. The van der Waals surface area contributed by atoms with Crippen LogP contribution in [0.4, 0.5) is 0 Å². The van der Waals surface area contributed by atoms with Crippen molar-refractivity contribution in [1.82, 2.24) is 15.6 Å². The van der Waals surface area contributed by atoms with Gasteiger partial charge in [0.05, 0.1) is 23.5 Å². The van der Waals surface area contributed by atoms with E-state index in [2.05, 4.69) is 42.5 Å². The zero-order valence-electron chi connectivity index (χ0n) is 17.0. The Balaban J connectivity index is 1.69. The quantitative estimate of drug-likeness (QED) is 0.684. The molecule has 2 aliphatic carbocycles. The second-order valence-corrected chi connectivity index (χ2v) is 8.73. The lowest BCUT2D eigenvalue weighted by Crippen LogP contribution is -2.41. The number of pyridine rings is 1. The first kappa shape index (κ1) is 19.4. The summed E-state index contributed by atoms with van der Waals surface area (Å²) in [6, 6.07) is 6.35. The predicted molar refractivity (Wildman–Crippen MR) is 117 cm³/mol. The lowest BCUT2D eigenvalue weighted by atomic mass is 10.0. The highest BCUT2D eigenvalue weighted by Crippen LogP contribution is 2.35. The molecule has 0 radical (unpaired) electrons. The first-order valence-corrected chi connectivity index (χ1v) is 11.0. The maximum atomic E-state index is 6.15. The van der Waals surface area contributed by atoms with Gasteiger partial charge in [-0.3, -0.25) is 4.99 Å². The number of guanidine groups is 1. The molecule has 3 aliphatic rings. The smallest absolute Gasteiger partial charge is 0.201 e. The molecule has 1 aromatic heterocycles. The fourth-order valence-corrected chi connectivity index (χ4v) is 3.86. The van der Waals surface area contributed by atoms with Gasteiger partial charge in [-0.2, -0.15) is 0 Å². The Hall–Kier alpha value is -1.88. The van der Waals surface area contributed by atoms with Gasteiger partial charge < -0.3 is 10.6 Å². The minimum absolute atomic E-state index is 0.188. The molecule has 2 fully saturated rings. The van der Waals surface area contributed by atoms with Crippen LogP contribution in [0.5, 0.6) is 0 Å². The van der Waals surface area contributed by atoms with E-state index in [9.17, 15) is 0 Å². The largest absolute Gasteiger partial charge is 0.324 e. The van der Waals surface area contributed by atoms with Crippen LogP contribution in [0.1, 0.15) is 58.6 Å². The summed E-state index contributed by atoms with van der Waals surface area (Å²) < 4.78 is 0. The summed E-state index contributed by atoms with van der Waals surface area (Å²) in [6.07, 6.45) is 8.30. The number of hydrogen-bond acceptors (Lipinski definition) is 3. The number of nitrogens with one attached hydrogen (secondary N) is 2. The topological polar surface area (TPSA) is 61.7 Å². The molecule has 0 saturated heterocycles. The van der Waals surface area contributed by atoms with E-state index in [0.717, 1.165) is 35.5 Å². The second-order valence-electron chi connectivity index (χ2n) is 8.34. The summed E-state index contributed by atoms with van der Waals surface area (Å²) in [4.78, 5) is 14.5. The van der Waals surface area contributed by atoms with E-state index in [1.54, 1.807) is 6.07 Å². The Kier molecular flexibility index (Phi) is 5.72. The van der Waals surface area contributed by atoms with Gasteiger partial charge in [-0.1, -0.05) is 24.6 Å². The predicted octanol–water partition coefficient (Wildman–Crippen LogP) is 4.65. The van der Waals surface area contributed by atoms with E-state index < -0.39 is 0 Å². The van der Waals surface area contributed by atoms with Crippen LogP contribution in [0, 0.1) is 17.8 Å². The van der Waals surface area contributed by atoms with Crippen molar-refractivity contribution >= 4 is 29.1 Å². The molecule has 2 saturated carbocycles. The third kappa shape index (κ3) is 4.75. The minimum Gasteiger partial charge on any atom is -0.324 e. The van der Waals surface area contributed by atoms with Gasteiger partial charge in [0.2, 0.25) is 5.96 Å². The Morgan fingerprint density at radius 3 is 2.36 bits per heavy atom. The van der Waals surface area contributed by atoms with Crippen molar-refractivity contribution in [1.29, 1.82) is 0 Å². The number of aromatic nitrogens is 1. The fourth-order valence-electron chi connectivity index (χ4n) is 3.70. The van der Waals surface area contributed by atoms with E-state index in [1.165, 1.54) is 25.7 Å². The average molecular weight is 400 g/mol. The van der Waals surface area contributed by atoms with Crippen molar-refractivity contribution in [3.63, 3.8) is 0 Å². The van der Waals surface area contributed by atoms with Crippen LogP contribution in [0.3, 0.4) is 0 Å². The molecule has 6 heteroatoms. The molecule has 3 unspecified atom stereocenters. The van der Waals surface area contributed by atoms with Crippen LogP contribution in [0.15, 0.2) is 34.3 Å². The van der Waals surface area contributed by atoms with Crippen LogP contribution in [-0.4, -0.2) is 28.9 Å². The van der Waals surface area contributed by atoms with Gasteiger partial charge in [-0.05, 0) is 76.0 Å². The Morgan fingerprint density at radius 2 is 1.75 bits per heavy atom. The molecular weight excluding hydrogens is 370 g/mol. The van der Waals surface area contributed by atoms with Gasteiger partial charge >= 0.3 is 0 Å².